The second kappa shape index (κ2) is 13.5. The van der Waals surface area contributed by atoms with E-state index in [-0.39, 0.29) is 42.0 Å². The van der Waals surface area contributed by atoms with E-state index in [2.05, 4.69) is 39.7 Å². The first-order valence-electron chi connectivity index (χ1n) is 8.60. The number of aliphatic imine (C=N–C) groups is 1. The van der Waals surface area contributed by atoms with Crippen molar-refractivity contribution in [2.24, 2.45) is 4.99 Å². The van der Waals surface area contributed by atoms with E-state index in [4.69, 9.17) is 9.47 Å². The van der Waals surface area contributed by atoms with Crippen molar-refractivity contribution in [2.75, 3.05) is 66.2 Å². The highest BCUT2D eigenvalue weighted by molar-refractivity contribution is 14.0. The Morgan fingerprint density at radius 3 is 2.52 bits per heavy atom. The summed E-state index contributed by atoms with van der Waals surface area (Å²) in [4.78, 5) is 18.5. The normalized spacial score (nSPS) is 16.1. The van der Waals surface area contributed by atoms with Crippen LogP contribution >= 0.6 is 24.0 Å². The first-order valence-corrected chi connectivity index (χ1v) is 8.60. The lowest BCUT2D eigenvalue weighted by Gasteiger charge is -2.41. The number of guanidine groups is 1. The van der Waals surface area contributed by atoms with Crippen LogP contribution in [-0.2, 0) is 14.3 Å². The summed E-state index contributed by atoms with van der Waals surface area (Å²) in [6.45, 7) is 12.4. The van der Waals surface area contributed by atoms with Crippen molar-refractivity contribution in [2.45, 2.75) is 26.3 Å². The van der Waals surface area contributed by atoms with Gasteiger partial charge in [-0.1, -0.05) is 0 Å². The molecular formula is C16H34IN5O3. The average molecular weight is 471 g/mol. The molecule has 0 bridgehead atoms. The Bertz CT molecular complexity index is 401. The first-order chi connectivity index (χ1) is 11.5. The summed E-state index contributed by atoms with van der Waals surface area (Å²) in [7, 11) is 1.60. The molecule has 8 nitrogen and oxygen atoms in total. The standard InChI is InChI=1S/C16H33N5O3.HI/c1-5-17-15(19-12-14(22)18-6-9-23-4)20-13-16(2,3)21-7-10-24-11-8-21;/h5-13H2,1-4H3,(H,18,22)(H2,17,19,20);1H. The molecule has 1 heterocycles. The van der Waals surface area contributed by atoms with Crippen molar-refractivity contribution in [3.05, 3.63) is 0 Å². The number of hydrogen-bond donors (Lipinski definition) is 3. The molecule has 0 aromatic carbocycles. The first kappa shape index (κ1) is 24.4. The Balaban J connectivity index is 0.00000576. The number of ether oxygens (including phenoxy) is 2. The van der Waals surface area contributed by atoms with Crippen molar-refractivity contribution < 1.29 is 14.3 Å². The predicted octanol–water partition coefficient (Wildman–Crippen LogP) is 0.0329. The minimum atomic E-state index is -0.114. The van der Waals surface area contributed by atoms with Crippen molar-refractivity contribution >= 4 is 35.8 Å². The van der Waals surface area contributed by atoms with Crippen LogP contribution in [0.3, 0.4) is 0 Å². The van der Waals surface area contributed by atoms with Crippen LogP contribution in [0.1, 0.15) is 20.8 Å². The Labute approximate surface area is 168 Å². The fraction of sp³-hybridized carbons (Fsp3) is 0.875. The van der Waals surface area contributed by atoms with E-state index >= 15 is 0 Å². The van der Waals surface area contributed by atoms with Gasteiger partial charge in [0.1, 0.15) is 6.54 Å². The van der Waals surface area contributed by atoms with E-state index in [1.54, 1.807) is 7.11 Å². The minimum absolute atomic E-state index is 0. The molecule has 0 saturated carbocycles. The van der Waals surface area contributed by atoms with Crippen molar-refractivity contribution in [1.29, 1.82) is 0 Å². The lowest BCUT2D eigenvalue weighted by atomic mass is 10.0. The summed E-state index contributed by atoms with van der Waals surface area (Å²) >= 11 is 0. The Morgan fingerprint density at radius 1 is 1.24 bits per heavy atom. The molecule has 0 unspecified atom stereocenters. The fourth-order valence-electron chi connectivity index (χ4n) is 2.42. The molecule has 0 spiro atoms. The summed E-state index contributed by atoms with van der Waals surface area (Å²) in [6, 6.07) is 0. The maximum atomic E-state index is 11.7. The SMILES string of the molecule is CCNC(=NCC(=O)NCCOC)NCC(C)(C)N1CCOCC1.I. The van der Waals surface area contributed by atoms with E-state index in [0.717, 1.165) is 39.4 Å². The molecule has 1 amide bonds. The highest BCUT2D eigenvalue weighted by Crippen LogP contribution is 2.14. The van der Waals surface area contributed by atoms with Gasteiger partial charge < -0.3 is 25.4 Å². The van der Waals surface area contributed by atoms with E-state index in [1.165, 1.54) is 0 Å². The van der Waals surface area contributed by atoms with Gasteiger partial charge in [0.05, 0.1) is 19.8 Å². The maximum absolute atomic E-state index is 11.7. The van der Waals surface area contributed by atoms with Gasteiger partial charge in [0.2, 0.25) is 5.91 Å². The van der Waals surface area contributed by atoms with Crippen LogP contribution in [0.4, 0.5) is 0 Å². The fourth-order valence-corrected chi connectivity index (χ4v) is 2.42. The number of rotatable bonds is 9. The third kappa shape index (κ3) is 10.2. The molecule has 148 valence electrons. The topological polar surface area (TPSA) is 87.2 Å². The number of hydrogen-bond acceptors (Lipinski definition) is 5. The molecule has 1 rings (SSSR count). The zero-order valence-corrected chi connectivity index (χ0v) is 18.2. The average Bonchev–Trinajstić information content (AvgIpc) is 2.58. The van der Waals surface area contributed by atoms with Gasteiger partial charge in [0, 0.05) is 45.4 Å². The maximum Gasteiger partial charge on any atom is 0.241 e. The van der Waals surface area contributed by atoms with Gasteiger partial charge in [-0.2, -0.15) is 0 Å². The molecule has 1 aliphatic heterocycles. The van der Waals surface area contributed by atoms with Crippen molar-refractivity contribution in [3.8, 4) is 0 Å². The quantitative estimate of drug-likeness (QED) is 0.191. The second-order valence-corrected chi connectivity index (χ2v) is 6.30. The zero-order valence-electron chi connectivity index (χ0n) is 15.9. The van der Waals surface area contributed by atoms with E-state index in [0.29, 0.717) is 19.1 Å². The third-order valence-electron chi connectivity index (χ3n) is 3.91. The molecular weight excluding hydrogens is 437 g/mol. The highest BCUT2D eigenvalue weighted by atomic mass is 127. The Morgan fingerprint density at radius 2 is 1.92 bits per heavy atom. The molecule has 0 aliphatic carbocycles. The van der Waals surface area contributed by atoms with Gasteiger partial charge in [-0.15, -0.1) is 24.0 Å². The predicted molar refractivity (Wildman–Crippen MR) is 111 cm³/mol. The number of nitrogens with zero attached hydrogens (tertiary/aromatic N) is 2. The number of carbonyl (C=O) groups is 1. The van der Waals surface area contributed by atoms with E-state index in [9.17, 15) is 4.79 Å². The molecule has 0 aromatic heterocycles. The summed E-state index contributed by atoms with van der Waals surface area (Å²) in [5, 5.41) is 9.26. The number of carbonyl (C=O) groups excluding carboxylic acids is 1. The lowest BCUT2D eigenvalue weighted by Crippen LogP contribution is -2.56. The molecule has 1 saturated heterocycles. The van der Waals surface area contributed by atoms with Gasteiger partial charge in [-0.3, -0.25) is 9.69 Å². The smallest absolute Gasteiger partial charge is 0.241 e. The Hall–Kier alpha value is -0.650. The van der Waals surface area contributed by atoms with Crippen LogP contribution in [0.15, 0.2) is 4.99 Å². The largest absolute Gasteiger partial charge is 0.383 e. The number of methoxy groups -OCH3 is 1. The van der Waals surface area contributed by atoms with E-state index in [1.807, 2.05) is 6.92 Å². The van der Waals surface area contributed by atoms with Crippen LogP contribution in [0.25, 0.3) is 0 Å². The van der Waals surface area contributed by atoms with Gasteiger partial charge in [-0.05, 0) is 20.8 Å². The summed E-state index contributed by atoms with van der Waals surface area (Å²) in [5.74, 6) is 0.539. The summed E-state index contributed by atoms with van der Waals surface area (Å²) in [6.07, 6.45) is 0. The minimum Gasteiger partial charge on any atom is -0.383 e. The number of nitrogens with one attached hydrogen (secondary N) is 3. The van der Waals surface area contributed by atoms with Gasteiger partial charge in [0.15, 0.2) is 5.96 Å². The number of morpholine rings is 1. The molecule has 0 aromatic rings. The van der Waals surface area contributed by atoms with Crippen molar-refractivity contribution in [1.82, 2.24) is 20.9 Å². The third-order valence-corrected chi connectivity index (χ3v) is 3.91. The van der Waals surface area contributed by atoms with Crippen LogP contribution in [0, 0.1) is 0 Å². The monoisotopic (exact) mass is 471 g/mol. The molecule has 0 atom stereocenters. The molecule has 3 N–H and O–H groups in total. The lowest BCUT2D eigenvalue weighted by molar-refractivity contribution is -0.119. The second-order valence-electron chi connectivity index (χ2n) is 6.30. The van der Waals surface area contributed by atoms with Gasteiger partial charge in [-0.25, -0.2) is 4.99 Å². The van der Waals surface area contributed by atoms with Crippen molar-refractivity contribution in [3.63, 3.8) is 0 Å². The van der Waals surface area contributed by atoms with Gasteiger partial charge in [0.25, 0.3) is 0 Å². The zero-order chi connectivity index (χ0) is 17.8. The molecule has 1 fully saturated rings. The number of halogens is 1. The van der Waals surface area contributed by atoms with E-state index < -0.39 is 0 Å². The van der Waals surface area contributed by atoms with Crippen LogP contribution in [0.2, 0.25) is 0 Å². The molecule has 9 heteroatoms. The number of amides is 1. The molecule has 1 aliphatic rings. The highest BCUT2D eigenvalue weighted by Gasteiger charge is 2.28. The molecule has 0 radical (unpaired) electrons. The van der Waals surface area contributed by atoms with Crippen LogP contribution < -0.4 is 16.0 Å². The van der Waals surface area contributed by atoms with Gasteiger partial charge >= 0.3 is 0 Å². The summed E-state index contributed by atoms with van der Waals surface area (Å²) in [5.41, 5.74) is -0.0132. The summed E-state index contributed by atoms with van der Waals surface area (Å²) < 4.78 is 10.3. The van der Waals surface area contributed by atoms with Crippen LogP contribution in [0.5, 0.6) is 0 Å². The molecule has 25 heavy (non-hydrogen) atoms. The Kier molecular flexibility index (Phi) is 13.2. The van der Waals surface area contributed by atoms with Crippen LogP contribution in [-0.4, -0.2) is 88.5 Å².